The zero-order chi connectivity index (χ0) is 19.2. The number of hydrogen-bond donors (Lipinski definition) is 0. The monoisotopic (exact) mass is 394 g/mol. The van der Waals surface area contributed by atoms with Gasteiger partial charge in [0.05, 0.1) is 39.6 Å². The fraction of sp³-hybridized carbons (Fsp3) is 0.722. The van der Waals surface area contributed by atoms with E-state index in [0.29, 0.717) is 43.5 Å². The largest absolute Gasteiger partial charge is 0.381 e. The second kappa shape index (κ2) is 7.01. The van der Waals surface area contributed by atoms with Crippen LogP contribution in [0.1, 0.15) is 31.9 Å². The van der Waals surface area contributed by atoms with Crippen molar-refractivity contribution in [1.29, 1.82) is 0 Å². The Morgan fingerprint density at radius 3 is 2.85 bits per heavy atom. The fourth-order valence-electron chi connectivity index (χ4n) is 3.83. The molecule has 1 unspecified atom stereocenters. The van der Waals surface area contributed by atoms with E-state index in [2.05, 4.69) is 9.46 Å². The van der Waals surface area contributed by atoms with E-state index < -0.39 is 9.73 Å². The molecule has 3 heterocycles. The van der Waals surface area contributed by atoms with Crippen LogP contribution in [0.2, 0.25) is 0 Å². The van der Waals surface area contributed by atoms with E-state index in [1.165, 1.54) is 6.26 Å². The van der Waals surface area contributed by atoms with Crippen molar-refractivity contribution in [3.8, 4) is 0 Å². The van der Waals surface area contributed by atoms with Crippen LogP contribution in [0, 0.1) is 17.8 Å². The number of rotatable bonds is 4. The van der Waals surface area contributed by atoms with Gasteiger partial charge in [-0.15, -0.1) is 0 Å². The maximum atomic E-state index is 13.2. The summed E-state index contributed by atoms with van der Waals surface area (Å²) >= 11 is 0. The van der Waals surface area contributed by atoms with E-state index in [1.54, 1.807) is 15.8 Å². The third-order valence-electron chi connectivity index (χ3n) is 5.77. The van der Waals surface area contributed by atoms with E-state index in [-0.39, 0.29) is 23.7 Å². The van der Waals surface area contributed by atoms with Crippen molar-refractivity contribution in [1.82, 2.24) is 14.7 Å². The minimum Gasteiger partial charge on any atom is -0.381 e. The van der Waals surface area contributed by atoms with Crippen molar-refractivity contribution in [2.75, 3.05) is 26.0 Å². The number of nitrogens with zero attached hydrogens (tertiary/aromatic N) is 4. The van der Waals surface area contributed by atoms with Crippen LogP contribution < -0.4 is 0 Å². The minimum absolute atomic E-state index is 0.0892. The lowest BCUT2D eigenvalue weighted by Gasteiger charge is -2.29. The minimum atomic E-state index is -2.87. The molecule has 0 aromatic carbocycles. The van der Waals surface area contributed by atoms with Gasteiger partial charge in [0, 0.05) is 38.4 Å². The van der Waals surface area contributed by atoms with Gasteiger partial charge in [0.1, 0.15) is 0 Å². The van der Waals surface area contributed by atoms with Gasteiger partial charge in [-0.05, 0) is 24.7 Å². The summed E-state index contributed by atoms with van der Waals surface area (Å²) in [6, 6.07) is 0. The second-order valence-electron chi connectivity index (χ2n) is 7.98. The number of carbonyl (C=O) groups excluding carboxylic acids is 2. The fourth-order valence-corrected chi connectivity index (χ4v) is 5.25. The summed E-state index contributed by atoms with van der Waals surface area (Å²) in [4.78, 5) is 27.1. The number of carbonyl (C=O) groups is 2. The zero-order valence-electron chi connectivity index (χ0n) is 15.8. The number of amides is 2. The molecule has 1 aromatic rings. The predicted molar refractivity (Wildman–Crippen MR) is 98.2 cm³/mol. The highest BCUT2D eigenvalue weighted by molar-refractivity contribution is 7.93. The maximum Gasteiger partial charge on any atom is 0.257 e. The van der Waals surface area contributed by atoms with E-state index in [9.17, 15) is 13.8 Å². The topological polar surface area (TPSA) is 93.9 Å². The summed E-state index contributed by atoms with van der Waals surface area (Å²) in [6.07, 6.45) is 5.26. The van der Waals surface area contributed by atoms with Crippen LogP contribution in [-0.4, -0.2) is 56.7 Å². The number of fused-ring (bicyclic) bond motifs is 1. The average Bonchev–Trinajstić information content (AvgIpc) is 3.01. The quantitative estimate of drug-likeness (QED) is 0.767. The first kappa shape index (κ1) is 18.6. The Labute approximate surface area is 159 Å². The van der Waals surface area contributed by atoms with Gasteiger partial charge in [0.15, 0.2) is 0 Å². The smallest absolute Gasteiger partial charge is 0.257 e. The average molecular weight is 394 g/mol. The molecule has 148 valence electrons. The maximum absolute atomic E-state index is 13.2. The molecule has 0 spiro atoms. The third-order valence-corrected chi connectivity index (χ3v) is 7.46. The Morgan fingerprint density at radius 1 is 1.41 bits per heavy atom. The van der Waals surface area contributed by atoms with Crippen molar-refractivity contribution in [3.63, 3.8) is 0 Å². The summed E-state index contributed by atoms with van der Waals surface area (Å²) in [6.45, 7) is 4.87. The summed E-state index contributed by atoms with van der Waals surface area (Å²) < 4.78 is 24.3. The second-order valence-corrected chi connectivity index (χ2v) is 10.2. The van der Waals surface area contributed by atoms with Gasteiger partial charge in [-0.25, -0.2) is 4.21 Å². The highest BCUT2D eigenvalue weighted by Gasteiger charge is 2.40. The Morgan fingerprint density at radius 2 is 2.19 bits per heavy atom. The summed E-state index contributed by atoms with van der Waals surface area (Å²) in [5.74, 6) is 0.327. The van der Waals surface area contributed by atoms with Gasteiger partial charge in [-0.1, -0.05) is 6.92 Å². The van der Waals surface area contributed by atoms with E-state index in [4.69, 9.17) is 4.74 Å². The first-order chi connectivity index (χ1) is 12.8. The first-order valence-corrected chi connectivity index (χ1v) is 11.4. The molecular formula is C18H26N4O4S. The summed E-state index contributed by atoms with van der Waals surface area (Å²) in [7, 11) is -2.87. The molecule has 4 atom stereocenters. The standard InChI is InChI=1S/C18H26N4O4S/c1-12-7-14(12)18(24)20-27(2,25)16-9-19-22-5-4-21(10-15(16)22)17(23)8-13-3-6-26-11-13/h9,12-14H,3-8,10-11H2,1-2H3/t12-,13+,14-,27?/m0/s1. The van der Waals surface area contributed by atoms with Crippen molar-refractivity contribution in [2.24, 2.45) is 22.1 Å². The van der Waals surface area contributed by atoms with E-state index >= 15 is 0 Å². The van der Waals surface area contributed by atoms with Crippen molar-refractivity contribution >= 4 is 21.5 Å². The van der Waals surface area contributed by atoms with Crippen LogP contribution >= 0.6 is 0 Å². The molecule has 3 aliphatic rings. The molecule has 0 bridgehead atoms. The van der Waals surface area contributed by atoms with E-state index in [1.807, 2.05) is 6.92 Å². The van der Waals surface area contributed by atoms with Crippen LogP contribution in [0.3, 0.4) is 0 Å². The molecule has 2 amide bonds. The lowest BCUT2D eigenvalue weighted by molar-refractivity contribution is -0.133. The van der Waals surface area contributed by atoms with Gasteiger partial charge in [0.25, 0.3) is 5.91 Å². The number of ether oxygens (including phenoxy) is 1. The Bertz CT molecular complexity index is 880. The van der Waals surface area contributed by atoms with Gasteiger partial charge in [0.2, 0.25) is 5.91 Å². The van der Waals surface area contributed by atoms with Crippen LogP contribution in [0.4, 0.5) is 0 Å². The molecule has 1 aromatic heterocycles. The van der Waals surface area contributed by atoms with Crippen LogP contribution in [0.5, 0.6) is 0 Å². The van der Waals surface area contributed by atoms with Crippen molar-refractivity contribution in [3.05, 3.63) is 11.9 Å². The number of hydrogen-bond acceptors (Lipinski definition) is 5. The Balaban J connectivity index is 1.52. The lowest BCUT2D eigenvalue weighted by Crippen LogP contribution is -2.39. The molecular weight excluding hydrogens is 368 g/mol. The Kier molecular flexibility index (Phi) is 4.84. The Hall–Kier alpha value is -1.74. The van der Waals surface area contributed by atoms with Gasteiger partial charge in [-0.2, -0.15) is 9.46 Å². The molecule has 1 aliphatic carbocycles. The van der Waals surface area contributed by atoms with E-state index in [0.717, 1.165) is 25.1 Å². The van der Waals surface area contributed by atoms with Crippen LogP contribution in [0.25, 0.3) is 0 Å². The van der Waals surface area contributed by atoms with Gasteiger partial charge >= 0.3 is 0 Å². The molecule has 1 saturated heterocycles. The molecule has 0 N–H and O–H groups in total. The van der Waals surface area contributed by atoms with Crippen molar-refractivity contribution < 1.29 is 18.5 Å². The third kappa shape index (κ3) is 3.80. The molecule has 8 nitrogen and oxygen atoms in total. The molecule has 27 heavy (non-hydrogen) atoms. The van der Waals surface area contributed by atoms with Crippen LogP contribution in [0.15, 0.2) is 15.5 Å². The predicted octanol–water partition coefficient (Wildman–Crippen LogP) is 1.29. The zero-order valence-corrected chi connectivity index (χ0v) is 16.6. The van der Waals surface area contributed by atoms with Crippen LogP contribution in [-0.2, 0) is 37.1 Å². The molecule has 9 heteroatoms. The SMILES string of the molecule is C[C@H]1C[C@@H]1C(=O)N=S(C)(=O)c1cnn2c1CN(C(=O)C[C@H]1CCOC1)CC2. The normalized spacial score (nSPS) is 29.1. The summed E-state index contributed by atoms with van der Waals surface area (Å²) in [5, 5.41) is 4.31. The first-order valence-electron chi connectivity index (χ1n) is 9.51. The highest BCUT2D eigenvalue weighted by Crippen LogP contribution is 2.39. The van der Waals surface area contributed by atoms with Gasteiger partial charge < -0.3 is 9.64 Å². The lowest BCUT2D eigenvalue weighted by atomic mass is 10.0. The molecule has 4 rings (SSSR count). The summed E-state index contributed by atoms with van der Waals surface area (Å²) in [5.41, 5.74) is 0.727. The molecule has 2 fully saturated rings. The molecule has 1 saturated carbocycles. The van der Waals surface area contributed by atoms with Crippen molar-refractivity contribution in [2.45, 2.75) is 44.2 Å². The van der Waals surface area contributed by atoms with Gasteiger partial charge in [-0.3, -0.25) is 14.3 Å². The molecule has 2 aliphatic heterocycles. The number of aromatic nitrogens is 2. The molecule has 0 radical (unpaired) electrons. The highest BCUT2D eigenvalue weighted by atomic mass is 32.2.